The van der Waals surface area contributed by atoms with E-state index >= 15 is 0 Å². The van der Waals surface area contributed by atoms with E-state index in [0.717, 1.165) is 19.4 Å². The summed E-state index contributed by atoms with van der Waals surface area (Å²) in [5.74, 6) is 0.896. The van der Waals surface area contributed by atoms with Crippen LogP contribution >= 0.6 is 23.2 Å². The zero-order chi connectivity index (χ0) is 12.7. The van der Waals surface area contributed by atoms with E-state index in [4.69, 9.17) is 23.2 Å². The van der Waals surface area contributed by atoms with Gasteiger partial charge in [-0.25, -0.2) is 4.39 Å². The first kappa shape index (κ1) is 14.7. The number of hydrogen-bond donors (Lipinski definition) is 1. The van der Waals surface area contributed by atoms with Crippen molar-refractivity contribution in [2.45, 2.75) is 26.3 Å². The Morgan fingerprint density at radius 2 is 2.18 bits per heavy atom. The molecule has 1 nitrogen and oxygen atoms in total. The van der Waals surface area contributed by atoms with Gasteiger partial charge in [-0.3, -0.25) is 0 Å². The first-order valence-electron chi connectivity index (χ1n) is 5.88. The molecule has 1 unspecified atom stereocenters. The average molecular weight is 278 g/mol. The fourth-order valence-electron chi connectivity index (χ4n) is 1.70. The molecule has 0 saturated heterocycles. The summed E-state index contributed by atoms with van der Waals surface area (Å²) in [4.78, 5) is 0. The van der Waals surface area contributed by atoms with Gasteiger partial charge in [0.2, 0.25) is 0 Å². The number of nitrogens with one attached hydrogen (secondary N) is 1. The normalized spacial score (nSPS) is 12.7. The van der Waals surface area contributed by atoms with Crippen molar-refractivity contribution >= 4 is 23.2 Å². The number of rotatable bonds is 7. The summed E-state index contributed by atoms with van der Waals surface area (Å²) in [5.41, 5.74) is 0.609. The van der Waals surface area contributed by atoms with Crippen LogP contribution in [0.25, 0.3) is 0 Å². The second-order valence-electron chi connectivity index (χ2n) is 4.10. The van der Waals surface area contributed by atoms with Crippen molar-refractivity contribution in [2.24, 2.45) is 5.92 Å². The SMILES string of the molecule is CCC(CCCl)CNCc1cccc(Cl)c1F. The van der Waals surface area contributed by atoms with E-state index in [1.807, 2.05) is 0 Å². The van der Waals surface area contributed by atoms with Crippen LogP contribution in [0.2, 0.25) is 5.02 Å². The Labute approximate surface area is 112 Å². The number of halogens is 3. The fraction of sp³-hybridized carbons (Fsp3) is 0.538. The molecule has 1 aromatic carbocycles. The molecule has 0 fully saturated rings. The molecule has 0 radical (unpaired) electrons. The van der Waals surface area contributed by atoms with Gasteiger partial charge in [0.15, 0.2) is 0 Å². The van der Waals surface area contributed by atoms with Crippen LogP contribution in [0.4, 0.5) is 4.39 Å². The molecule has 0 aromatic heterocycles. The maximum Gasteiger partial charge on any atom is 0.146 e. The lowest BCUT2D eigenvalue weighted by Gasteiger charge is -2.14. The zero-order valence-electron chi connectivity index (χ0n) is 9.98. The lowest BCUT2D eigenvalue weighted by atomic mass is 10.0. The molecule has 96 valence electrons. The highest BCUT2D eigenvalue weighted by Crippen LogP contribution is 2.17. The van der Waals surface area contributed by atoms with Gasteiger partial charge in [0.1, 0.15) is 5.82 Å². The highest BCUT2D eigenvalue weighted by molar-refractivity contribution is 6.30. The maximum absolute atomic E-state index is 13.6. The summed E-state index contributed by atoms with van der Waals surface area (Å²) in [6.45, 7) is 3.50. The van der Waals surface area contributed by atoms with Gasteiger partial charge in [-0.1, -0.05) is 37.1 Å². The topological polar surface area (TPSA) is 12.0 Å². The maximum atomic E-state index is 13.6. The molecule has 0 heterocycles. The van der Waals surface area contributed by atoms with E-state index in [9.17, 15) is 4.39 Å². The predicted molar refractivity (Wildman–Crippen MR) is 72.2 cm³/mol. The van der Waals surface area contributed by atoms with E-state index in [1.54, 1.807) is 18.2 Å². The lowest BCUT2D eigenvalue weighted by molar-refractivity contribution is 0.448. The molecule has 0 aliphatic rings. The molecule has 0 aliphatic carbocycles. The highest BCUT2D eigenvalue weighted by Gasteiger charge is 2.08. The van der Waals surface area contributed by atoms with Gasteiger partial charge in [-0.05, 0) is 24.9 Å². The molecule has 17 heavy (non-hydrogen) atoms. The van der Waals surface area contributed by atoms with Crippen LogP contribution < -0.4 is 5.32 Å². The van der Waals surface area contributed by atoms with Gasteiger partial charge in [-0.2, -0.15) is 0 Å². The first-order chi connectivity index (χ1) is 8.19. The van der Waals surface area contributed by atoms with Crippen LogP contribution in [0.1, 0.15) is 25.3 Å². The van der Waals surface area contributed by atoms with E-state index < -0.39 is 0 Å². The third-order valence-electron chi connectivity index (χ3n) is 2.87. The zero-order valence-corrected chi connectivity index (χ0v) is 11.5. The molecule has 0 amide bonds. The third-order valence-corrected chi connectivity index (χ3v) is 3.38. The van der Waals surface area contributed by atoms with Crippen molar-refractivity contribution < 1.29 is 4.39 Å². The number of hydrogen-bond acceptors (Lipinski definition) is 1. The van der Waals surface area contributed by atoms with Crippen molar-refractivity contribution in [1.82, 2.24) is 5.32 Å². The average Bonchev–Trinajstić information content (AvgIpc) is 2.33. The Morgan fingerprint density at radius 3 is 2.82 bits per heavy atom. The predicted octanol–water partition coefficient (Wildman–Crippen LogP) is 4.22. The van der Waals surface area contributed by atoms with Gasteiger partial charge >= 0.3 is 0 Å². The third kappa shape index (κ3) is 4.82. The van der Waals surface area contributed by atoms with E-state index in [2.05, 4.69) is 12.2 Å². The summed E-state index contributed by atoms with van der Waals surface area (Å²) >= 11 is 11.4. The smallest absolute Gasteiger partial charge is 0.146 e. The van der Waals surface area contributed by atoms with Crippen molar-refractivity contribution in [3.63, 3.8) is 0 Å². The molecule has 4 heteroatoms. The molecule has 0 aliphatic heterocycles. The summed E-state index contributed by atoms with van der Waals surface area (Å²) in [7, 11) is 0. The van der Waals surface area contributed by atoms with Gasteiger partial charge in [0, 0.05) is 18.0 Å². The minimum absolute atomic E-state index is 0.178. The minimum Gasteiger partial charge on any atom is -0.312 e. The Bertz CT molecular complexity index is 344. The Hall–Kier alpha value is -0.310. The molecule has 0 bridgehead atoms. The van der Waals surface area contributed by atoms with E-state index in [1.165, 1.54) is 0 Å². The second kappa shape index (κ2) is 7.91. The van der Waals surface area contributed by atoms with E-state index in [0.29, 0.717) is 23.9 Å². The molecule has 0 spiro atoms. The largest absolute Gasteiger partial charge is 0.312 e. The van der Waals surface area contributed by atoms with Gasteiger partial charge in [0.05, 0.1) is 5.02 Å². The van der Waals surface area contributed by atoms with Gasteiger partial charge in [-0.15, -0.1) is 11.6 Å². The standard InChI is InChI=1S/C13H18Cl2FN/c1-2-10(6-7-14)8-17-9-11-4-3-5-12(15)13(11)16/h3-5,10,17H,2,6-9H2,1H3. The highest BCUT2D eigenvalue weighted by atomic mass is 35.5. The van der Waals surface area contributed by atoms with Gasteiger partial charge < -0.3 is 5.32 Å². The van der Waals surface area contributed by atoms with Crippen LogP contribution in [0.3, 0.4) is 0 Å². The van der Waals surface area contributed by atoms with Gasteiger partial charge in [0.25, 0.3) is 0 Å². The molecular weight excluding hydrogens is 260 g/mol. The Balaban J connectivity index is 2.42. The summed E-state index contributed by atoms with van der Waals surface area (Å²) in [6, 6.07) is 5.07. The van der Waals surface area contributed by atoms with Crippen molar-refractivity contribution in [2.75, 3.05) is 12.4 Å². The first-order valence-corrected chi connectivity index (χ1v) is 6.79. The van der Waals surface area contributed by atoms with Crippen LogP contribution in [0, 0.1) is 11.7 Å². The summed E-state index contributed by atoms with van der Waals surface area (Å²) < 4.78 is 13.6. The van der Waals surface area contributed by atoms with E-state index in [-0.39, 0.29) is 10.8 Å². The summed E-state index contributed by atoms with van der Waals surface area (Å²) in [5, 5.41) is 3.43. The molecule has 1 rings (SSSR count). The molecule has 0 saturated carbocycles. The van der Waals surface area contributed by atoms with Crippen molar-refractivity contribution in [3.8, 4) is 0 Å². The minimum atomic E-state index is -0.327. The Kier molecular flexibility index (Phi) is 6.86. The Morgan fingerprint density at radius 1 is 1.41 bits per heavy atom. The number of benzene rings is 1. The summed E-state index contributed by atoms with van der Waals surface area (Å²) in [6.07, 6.45) is 2.07. The molecular formula is C13H18Cl2FN. The van der Waals surface area contributed by atoms with Crippen LogP contribution in [0.15, 0.2) is 18.2 Å². The number of alkyl halides is 1. The molecule has 1 N–H and O–H groups in total. The van der Waals surface area contributed by atoms with Crippen LogP contribution in [-0.2, 0) is 6.54 Å². The van der Waals surface area contributed by atoms with Crippen molar-refractivity contribution in [3.05, 3.63) is 34.6 Å². The second-order valence-corrected chi connectivity index (χ2v) is 4.88. The van der Waals surface area contributed by atoms with Crippen molar-refractivity contribution in [1.29, 1.82) is 0 Å². The lowest BCUT2D eigenvalue weighted by Crippen LogP contribution is -2.23. The fourth-order valence-corrected chi connectivity index (χ4v) is 2.20. The molecule has 1 atom stereocenters. The van der Waals surface area contributed by atoms with Crippen LogP contribution in [0.5, 0.6) is 0 Å². The quantitative estimate of drug-likeness (QED) is 0.736. The monoisotopic (exact) mass is 277 g/mol. The van der Waals surface area contributed by atoms with Crippen LogP contribution in [-0.4, -0.2) is 12.4 Å². The molecule has 1 aromatic rings.